The van der Waals surface area contributed by atoms with E-state index in [1.54, 1.807) is 4.90 Å². The van der Waals surface area contributed by atoms with E-state index in [0.29, 0.717) is 19.5 Å². The zero-order chi connectivity index (χ0) is 22.0. The summed E-state index contributed by atoms with van der Waals surface area (Å²) >= 11 is 0. The first-order valence-corrected chi connectivity index (χ1v) is 10.5. The van der Waals surface area contributed by atoms with Gasteiger partial charge in [0, 0.05) is 19.0 Å². The molecule has 1 heterocycles. The second-order valence-corrected chi connectivity index (χ2v) is 8.23. The van der Waals surface area contributed by atoms with Crippen LogP contribution in [0.25, 0.3) is 11.1 Å². The van der Waals surface area contributed by atoms with E-state index in [2.05, 4.69) is 17.4 Å². The molecule has 1 saturated heterocycles. The van der Waals surface area contributed by atoms with Crippen molar-refractivity contribution in [2.45, 2.75) is 19.3 Å². The number of benzene rings is 2. The molecule has 1 fully saturated rings. The average molecular weight is 422 g/mol. The summed E-state index contributed by atoms with van der Waals surface area (Å²) in [6.45, 7) is 2.61. The van der Waals surface area contributed by atoms with E-state index >= 15 is 0 Å². The number of fused-ring (bicyclic) bond motifs is 3. The molecule has 2 unspecified atom stereocenters. The number of carbonyl (C=O) groups excluding carboxylic acids is 2. The Balaban J connectivity index is 1.30. The Bertz CT molecular complexity index is 959. The third-order valence-corrected chi connectivity index (χ3v) is 6.30. The summed E-state index contributed by atoms with van der Waals surface area (Å²) in [5, 5.41) is 11.7. The normalized spacial score (nSPS) is 20.0. The second kappa shape index (κ2) is 8.79. The molecule has 2 amide bonds. The number of rotatable bonds is 5. The highest BCUT2D eigenvalue weighted by molar-refractivity contribution is 5.83. The van der Waals surface area contributed by atoms with Gasteiger partial charge < -0.3 is 20.1 Å². The Morgan fingerprint density at radius 1 is 1.06 bits per heavy atom. The summed E-state index contributed by atoms with van der Waals surface area (Å²) in [7, 11) is 0. The van der Waals surface area contributed by atoms with Crippen LogP contribution in [-0.2, 0) is 14.3 Å². The van der Waals surface area contributed by atoms with E-state index in [4.69, 9.17) is 4.74 Å². The van der Waals surface area contributed by atoms with Crippen LogP contribution < -0.4 is 5.32 Å². The van der Waals surface area contributed by atoms with Crippen molar-refractivity contribution < 1.29 is 24.2 Å². The number of ether oxygens (including phenoxy) is 1. The van der Waals surface area contributed by atoms with Crippen molar-refractivity contribution in [3.8, 4) is 11.1 Å². The van der Waals surface area contributed by atoms with E-state index in [0.717, 1.165) is 22.3 Å². The fourth-order valence-corrected chi connectivity index (χ4v) is 4.65. The summed E-state index contributed by atoms with van der Waals surface area (Å²) in [4.78, 5) is 37.5. The fraction of sp³-hybridized carbons (Fsp3) is 0.375. The second-order valence-electron chi connectivity index (χ2n) is 8.23. The molecule has 0 bridgehead atoms. The zero-order valence-electron chi connectivity index (χ0n) is 17.4. The average Bonchev–Trinajstić information content (AvgIpc) is 3.09. The maximum atomic E-state index is 12.4. The molecule has 0 radical (unpaired) electrons. The number of nitrogens with zero attached hydrogens (tertiary/aromatic N) is 1. The first kappa shape index (κ1) is 20.9. The summed E-state index contributed by atoms with van der Waals surface area (Å²) < 4.78 is 5.45. The van der Waals surface area contributed by atoms with Gasteiger partial charge in [0.2, 0.25) is 5.91 Å². The lowest BCUT2D eigenvalue weighted by Crippen LogP contribution is -2.48. The van der Waals surface area contributed by atoms with Gasteiger partial charge in [-0.05, 0) is 34.6 Å². The van der Waals surface area contributed by atoms with Gasteiger partial charge in [-0.3, -0.25) is 9.59 Å². The molecular weight excluding hydrogens is 396 g/mol. The van der Waals surface area contributed by atoms with Gasteiger partial charge in [-0.2, -0.15) is 0 Å². The number of carboxylic acid groups (broad SMARTS) is 1. The molecule has 162 valence electrons. The first-order valence-electron chi connectivity index (χ1n) is 10.5. The predicted octanol–water partition coefficient (Wildman–Crippen LogP) is 3.09. The highest BCUT2D eigenvalue weighted by atomic mass is 16.5. The largest absolute Gasteiger partial charge is 0.481 e. The van der Waals surface area contributed by atoms with E-state index in [1.807, 2.05) is 43.3 Å². The number of hydrogen-bond acceptors (Lipinski definition) is 4. The SMILES string of the molecule is CC1CN(C(=O)CNC(=O)OCC2c3ccccc3-c3ccccc32)CCC1C(=O)O. The van der Waals surface area contributed by atoms with E-state index in [-0.39, 0.29) is 30.9 Å². The topological polar surface area (TPSA) is 95.9 Å². The van der Waals surface area contributed by atoms with Crippen molar-refractivity contribution in [3.05, 3.63) is 59.7 Å². The van der Waals surface area contributed by atoms with Crippen LogP contribution in [-0.4, -0.2) is 54.2 Å². The molecule has 31 heavy (non-hydrogen) atoms. The Kier molecular flexibility index (Phi) is 5.93. The van der Waals surface area contributed by atoms with Crippen LogP contribution in [0.4, 0.5) is 4.79 Å². The van der Waals surface area contributed by atoms with Crippen LogP contribution in [0.2, 0.25) is 0 Å². The van der Waals surface area contributed by atoms with Gasteiger partial charge in [0.05, 0.1) is 5.92 Å². The summed E-state index contributed by atoms with van der Waals surface area (Å²) in [6, 6.07) is 16.2. The van der Waals surface area contributed by atoms with Gasteiger partial charge >= 0.3 is 12.1 Å². The van der Waals surface area contributed by atoms with Gasteiger partial charge in [-0.25, -0.2) is 4.79 Å². The van der Waals surface area contributed by atoms with Gasteiger partial charge in [-0.1, -0.05) is 55.5 Å². The van der Waals surface area contributed by atoms with Crippen LogP contribution >= 0.6 is 0 Å². The Labute approximate surface area is 181 Å². The van der Waals surface area contributed by atoms with Gasteiger partial charge in [-0.15, -0.1) is 0 Å². The molecule has 7 heteroatoms. The molecule has 0 spiro atoms. The van der Waals surface area contributed by atoms with Crippen LogP contribution in [0.15, 0.2) is 48.5 Å². The molecule has 0 aromatic heterocycles. The minimum absolute atomic E-state index is 0.0373. The minimum Gasteiger partial charge on any atom is -0.481 e. The molecular formula is C24H26N2O5. The highest BCUT2D eigenvalue weighted by Gasteiger charge is 2.33. The number of carboxylic acids is 1. The number of alkyl carbamates (subject to hydrolysis) is 1. The number of likely N-dealkylation sites (tertiary alicyclic amines) is 1. The molecule has 1 aliphatic heterocycles. The number of aliphatic carboxylic acids is 1. The summed E-state index contributed by atoms with van der Waals surface area (Å²) in [5.74, 6) is -1.64. The maximum absolute atomic E-state index is 12.4. The van der Waals surface area contributed by atoms with Crippen LogP contribution in [0.5, 0.6) is 0 Å². The van der Waals surface area contributed by atoms with Crippen molar-refractivity contribution in [1.29, 1.82) is 0 Å². The lowest BCUT2D eigenvalue weighted by molar-refractivity contribution is -0.148. The highest BCUT2D eigenvalue weighted by Crippen LogP contribution is 2.44. The number of hydrogen-bond donors (Lipinski definition) is 2. The number of piperidine rings is 1. The van der Waals surface area contributed by atoms with E-state index in [9.17, 15) is 19.5 Å². The minimum atomic E-state index is -0.823. The molecule has 2 aliphatic rings. The third kappa shape index (κ3) is 4.26. The molecule has 4 rings (SSSR count). The van der Waals surface area contributed by atoms with Crippen LogP contribution in [0, 0.1) is 11.8 Å². The summed E-state index contributed by atoms with van der Waals surface area (Å²) in [5.41, 5.74) is 4.56. The van der Waals surface area contributed by atoms with Gasteiger partial charge in [0.1, 0.15) is 13.2 Å². The molecule has 1 aliphatic carbocycles. The third-order valence-electron chi connectivity index (χ3n) is 6.30. The number of nitrogens with one attached hydrogen (secondary N) is 1. The summed E-state index contributed by atoms with van der Waals surface area (Å²) in [6.07, 6.45) is -0.212. The lowest BCUT2D eigenvalue weighted by atomic mass is 9.87. The number of carbonyl (C=O) groups is 3. The smallest absolute Gasteiger partial charge is 0.407 e. The lowest BCUT2D eigenvalue weighted by Gasteiger charge is -2.34. The first-order chi connectivity index (χ1) is 15.0. The Hall–Kier alpha value is -3.35. The van der Waals surface area contributed by atoms with Crippen LogP contribution in [0.3, 0.4) is 0 Å². The zero-order valence-corrected chi connectivity index (χ0v) is 17.4. The van der Waals surface area contributed by atoms with E-state index in [1.165, 1.54) is 0 Å². The molecule has 2 aromatic carbocycles. The van der Waals surface area contributed by atoms with Crippen molar-refractivity contribution in [2.24, 2.45) is 11.8 Å². The van der Waals surface area contributed by atoms with Crippen molar-refractivity contribution in [2.75, 3.05) is 26.2 Å². The van der Waals surface area contributed by atoms with Gasteiger partial charge in [0.15, 0.2) is 0 Å². The molecule has 2 aromatic rings. The quantitative estimate of drug-likeness (QED) is 0.772. The van der Waals surface area contributed by atoms with Gasteiger partial charge in [0.25, 0.3) is 0 Å². The standard InChI is InChI=1S/C24H26N2O5/c1-15-13-26(11-10-16(15)23(28)29)22(27)12-25-24(30)31-14-21-19-8-4-2-6-17(19)18-7-3-5-9-20(18)21/h2-9,15-16,21H,10-14H2,1H3,(H,25,30)(H,28,29). The van der Waals surface area contributed by atoms with Crippen molar-refractivity contribution >= 4 is 18.0 Å². The maximum Gasteiger partial charge on any atom is 0.407 e. The molecule has 7 nitrogen and oxygen atoms in total. The van der Waals surface area contributed by atoms with E-state index < -0.39 is 18.0 Å². The molecule has 2 N–H and O–H groups in total. The number of amides is 2. The Morgan fingerprint density at radius 2 is 1.68 bits per heavy atom. The Morgan fingerprint density at radius 3 is 2.26 bits per heavy atom. The monoisotopic (exact) mass is 422 g/mol. The van der Waals surface area contributed by atoms with Crippen molar-refractivity contribution in [3.63, 3.8) is 0 Å². The predicted molar refractivity (Wildman–Crippen MR) is 115 cm³/mol. The molecule has 2 atom stereocenters. The fourth-order valence-electron chi connectivity index (χ4n) is 4.65. The van der Waals surface area contributed by atoms with Crippen LogP contribution in [0.1, 0.15) is 30.4 Å². The molecule has 0 saturated carbocycles. The van der Waals surface area contributed by atoms with Crippen molar-refractivity contribution in [1.82, 2.24) is 10.2 Å².